The highest BCUT2D eigenvalue weighted by atomic mass is 35.5. The first-order valence-electron chi connectivity index (χ1n) is 7.39. The second kappa shape index (κ2) is 5.89. The molecule has 0 radical (unpaired) electrons. The number of fused-ring (bicyclic) bond motifs is 1. The van der Waals surface area contributed by atoms with Gasteiger partial charge in [-0.1, -0.05) is 17.7 Å². The summed E-state index contributed by atoms with van der Waals surface area (Å²) in [6, 6.07) is 9.51. The molecule has 3 aromatic rings. The second-order valence-corrected chi connectivity index (χ2v) is 6.79. The number of halogens is 1. The molecule has 1 amide bonds. The standard InChI is InChI=1S/C17H13ClN4OS/c1-9-12-6-10(2-4-13(12)21-16(9)23)14-8-24-17(22-14)20-11-3-5-15(18)19-7-11/h2-9H,1H3,(H,20,22)(H,21,23). The summed E-state index contributed by atoms with van der Waals surface area (Å²) in [6.07, 6.45) is 1.66. The number of rotatable bonds is 3. The van der Waals surface area contributed by atoms with Crippen molar-refractivity contribution in [2.75, 3.05) is 10.6 Å². The Hall–Kier alpha value is -2.44. The van der Waals surface area contributed by atoms with Crippen molar-refractivity contribution in [3.05, 3.63) is 52.6 Å². The quantitative estimate of drug-likeness (QED) is 0.670. The molecule has 0 fully saturated rings. The molecule has 3 heterocycles. The summed E-state index contributed by atoms with van der Waals surface area (Å²) in [7, 11) is 0. The zero-order valence-corrected chi connectivity index (χ0v) is 14.3. The molecule has 1 unspecified atom stereocenters. The Bertz CT molecular complexity index is 923. The molecule has 4 rings (SSSR count). The van der Waals surface area contributed by atoms with E-state index in [-0.39, 0.29) is 11.8 Å². The van der Waals surface area contributed by atoms with Crippen LogP contribution < -0.4 is 10.6 Å². The van der Waals surface area contributed by atoms with Gasteiger partial charge < -0.3 is 10.6 Å². The van der Waals surface area contributed by atoms with Crippen molar-refractivity contribution in [2.45, 2.75) is 12.8 Å². The van der Waals surface area contributed by atoms with Crippen LogP contribution in [-0.2, 0) is 4.79 Å². The van der Waals surface area contributed by atoms with Gasteiger partial charge in [-0.2, -0.15) is 0 Å². The summed E-state index contributed by atoms with van der Waals surface area (Å²) in [5, 5.41) is 9.31. The van der Waals surface area contributed by atoms with Crippen molar-refractivity contribution in [2.24, 2.45) is 0 Å². The fraction of sp³-hybridized carbons (Fsp3) is 0.118. The van der Waals surface area contributed by atoms with Crippen molar-refractivity contribution in [3.8, 4) is 11.3 Å². The highest BCUT2D eigenvalue weighted by molar-refractivity contribution is 7.14. The number of aromatic nitrogens is 2. The van der Waals surface area contributed by atoms with Gasteiger partial charge in [-0.05, 0) is 36.8 Å². The summed E-state index contributed by atoms with van der Waals surface area (Å²) in [6.45, 7) is 1.91. The average Bonchev–Trinajstić information content (AvgIpc) is 3.15. The lowest BCUT2D eigenvalue weighted by Crippen LogP contribution is -2.08. The van der Waals surface area contributed by atoms with E-state index in [1.165, 1.54) is 11.3 Å². The number of hydrogen-bond donors (Lipinski definition) is 2. The third-order valence-corrected chi connectivity index (χ3v) is 4.93. The summed E-state index contributed by atoms with van der Waals surface area (Å²) >= 11 is 7.30. The maximum atomic E-state index is 11.8. The molecular formula is C17H13ClN4OS. The van der Waals surface area contributed by atoms with Crippen LogP contribution in [0.15, 0.2) is 41.9 Å². The van der Waals surface area contributed by atoms with Gasteiger partial charge in [-0.25, -0.2) is 9.97 Å². The molecule has 24 heavy (non-hydrogen) atoms. The Morgan fingerprint density at radius 1 is 1.29 bits per heavy atom. The number of pyridine rings is 1. The molecule has 0 aliphatic carbocycles. The number of carbonyl (C=O) groups excluding carboxylic acids is 1. The fourth-order valence-corrected chi connectivity index (χ4v) is 3.46. The minimum absolute atomic E-state index is 0.0398. The van der Waals surface area contributed by atoms with E-state index in [1.807, 2.05) is 36.6 Å². The second-order valence-electron chi connectivity index (χ2n) is 5.55. The van der Waals surface area contributed by atoms with E-state index in [1.54, 1.807) is 12.3 Å². The number of nitrogens with zero attached hydrogens (tertiary/aromatic N) is 2. The van der Waals surface area contributed by atoms with Gasteiger partial charge in [-0.3, -0.25) is 4.79 Å². The topological polar surface area (TPSA) is 66.9 Å². The van der Waals surface area contributed by atoms with Crippen molar-refractivity contribution in [3.63, 3.8) is 0 Å². The molecule has 0 saturated carbocycles. The number of hydrogen-bond acceptors (Lipinski definition) is 5. The van der Waals surface area contributed by atoms with Gasteiger partial charge in [0.15, 0.2) is 5.13 Å². The molecule has 1 aliphatic rings. The SMILES string of the molecule is CC1C(=O)Nc2ccc(-c3csc(Nc4ccc(Cl)nc4)n3)cc21. The first-order chi connectivity index (χ1) is 11.6. The van der Waals surface area contributed by atoms with Gasteiger partial charge in [0.1, 0.15) is 5.15 Å². The lowest BCUT2D eigenvalue weighted by Gasteiger charge is -2.04. The number of thiazole rings is 1. The van der Waals surface area contributed by atoms with E-state index < -0.39 is 0 Å². The van der Waals surface area contributed by atoms with Gasteiger partial charge in [0.2, 0.25) is 5.91 Å². The van der Waals surface area contributed by atoms with E-state index in [9.17, 15) is 4.79 Å². The summed E-state index contributed by atoms with van der Waals surface area (Å²) < 4.78 is 0. The van der Waals surface area contributed by atoms with Crippen LogP contribution in [0.4, 0.5) is 16.5 Å². The van der Waals surface area contributed by atoms with Crippen LogP contribution in [0.3, 0.4) is 0 Å². The lowest BCUT2D eigenvalue weighted by atomic mass is 10.00. The van der Waals surface area contributed by atoms with E-state index in [0.717, 1.165) is 33.3 Å². The van der Waals surface area contributed by atoms with Crippen LogP contribution in [0.2, 0.25) is 5.15 Å². The Morgan fingerprint density at radius 2 is 2.17 bits per heavy atom. The molecular weight excluding hydrogens is 344 g/mol. The highest BCUT2D eigenvalue weighted by Crippen LogP contribution is 2.36. The van der Waals surface area contributed by atoms with Gasteiger partial charge >= 0.3 is 0 Å². The summed E-state index contributed by atoms with van der Waals surface area (Å²) in [5.74, 6) is -0.0886. The van der Waals surface area contributed by atoms with Crippen molar-refractivity contribution >= 4 is 45.4 Å². The molecule has 2 aromatic heterocycles. The molecule has 2 N–H and O–H groups in total. The molecule has 5 nitrogen and oxygen atoms in total. The molecule has 1 aliphatic heterocycles. The predicted molar refractivity (Wildman–Crippen MR) is 97.1 cm³/mol. The maximum absolute atomic E-state index is 11.8. The lowest BCUT2D eigenvalue weighted by molar-refractivity contribution is -0.116. The number of benzene rings is 1. The van der Waals surface area contributed by atoms with Crippen LogP contribution in [0.25, 0.3) is 11.3 Å². The van der Waals surface area contributed by atoms with E-state index in [2.05, 4.69) is 20.6 Å². The Kier molecular flexibility index (Phi) is 3.70. The third kappa shape index (κ3) is 2.74. The molecule has 0 bridgehead atoms. The van der Waals surface area contributed by atoms with Gasteiger partial charge in [0, 0.05) is 16.6 Å². The average molecular weight is 357 g/mol. The largest absolute Gasteiger partial charge is 0.330 e. The van der Waals surface area contributed by atoms with Crippen LogP contribution in [-0.4, -0.2) is 15.9 Å². The first kappa shape index (κ1) is 15.1. The van der Waals surface area contributed by atoms with Crippen molar-refractivity contribution in [1.82, 2.24) is 9.97 Å². The number of anilines is 3. The van der Waals surface area contributed by atoms with Crippen molar-refractivity contribution < 1.29 is 4.79 Å². The predicted octanol–water partition coefficient (Wildman–Crippen LogP) is 4.66. The molecule has 7 heteroatoms. The normalized spacial score (nSPS) is 15.9. The smallest absolute Gasteiger partial charge is 0.231 e. The monoisotopic (exact) mass is 356 g/mol. The zero-order valence-electron chi connectivity index (χ0n) is 12.7. The molecule has 1 aromatic carbocycles. The van der Waals surface area contributed by atoms with E-state index in [0.29, 0.717) is 5.15 Å². The molecule has 1 atom stereocenters. The van der Waals surface area contributed by atoms with Crippen LogP contribution >= 0.6 is 22.9 Å². The third-order valence-electron chi connectivity index (χ3n) is 3.95. The van der Waals surface area contributed by atoms with Gasteiger partial charge in [0.25, 0.3) is 0 Å². The first-order valence-corrected chi connectivity index (χ1v) is 8.65. The highest BCUT2D eigenvalue weighted by Gasteiger charge is 2.26. The summed E-state index contributed by atoms with van der Waals surface area (Å²) in [4.78, 5) is 20.4. The van der Waals surface area contributed by atoms with Gasteiger partial charge in [0.05, 0.1) is 23.5 Å². The number of nitrogens with one attached hydrogen (secondary N) is 2. The summed E-state index contributed by atoms with van der Waals surface area (Å²) in [5.41, 5.74) is 4.60. The van der Waals surface area contributed by atoms with E-state index >= 15 is 0 Å². The minimum Gasteiger partial charge on any atom is -0.330 e. The number of amides is 1. The van der Waals surface area contributed by atoms with E-state index in [4.69, 9.17) is 11.6 Å². The number of carbonyl (C=O) groups is 1. The molecule has 120 valence electrons. The van der Waals surface area contributed by atoms with Crippen LogP contribution in [0.5, 0.6) is 0 Å². The fourth-order valence-electron chi connectivity index (χ4n) is 2.61. The van der Waals surface area contributed by atoms with Crippen LogP contribution in [0.1, 0.15) is 18.4 Å². The van der Waals surface area contributed by atoms with Crippen LogP contribution in [0, 0.1) is 0 Å². The zero-order chi connectivity index (χ0) is 16.7. The molecule has 0 saturated heterocycles. The van der Waals surface area contributed by atoms with Crippen molar-refractivity contribution in [1.29, 1.82) is 0 Å². The molecule has 0 spiro atoms. The maximum Gasteiger partial charge on any atom is 0.231 e. The Balaban J connectivity index is 1.59. The Morgan fingerprint density at radius 3 is 2.96 bits per heavy atom. The Labute approximate surface area is 147 Å². The van der Waals surface area contributed by atoms with Gasteiger partial charge in [-0.15, -0.1) is 11.3 Å². The minimum atomic E-state index is -0.128.